The Labute approximate surface area is 124 Å². The fraction of sp³-hybridized carbons (Fsp3) is 0.133. The van der Waals surface area contributed by atoms with Crippen LogP contribution in [0.3, 0.4) is 0 Å². The van der Waals surface area contributed by atoms with Crippen LogP contribution in [0.25, 0.3) is 33.2 Å². The Morgan fingerprint density at radius 3 is 2.95 bits per heavy atom. The molecule has 1 aromatic carbocycles. The fourth-order valence-corrected chi connectivity index (χ4v) is 3.06. The molecule has 0 amide bonds. The lowest BCUT2D eigenvalue weighted by molar-refractivity contribution is 0.271. The third-order valence-electron chi connectivity index (χ3n) is 3.43. The van der Waals surface area contributed by atoms with E-state index in [1.807, 2.05) is 23.6 Å². The molecule has 0 saturated heterocycles. The largest absolute Gasteiger partial charge is 0.394 e. The molecule has 0 aliphatic carbocycles. The van der Waals surface area contributed by atoms with Gasteiger partial charge in [0.25, 0.3) is 0 Å². The fourth-order valence-electron chi connectivity index (χ4n) is 2.41. The van der Waals surface area contributed by atoms with Gasteiger partial charge in [0.15, 0.2) is 0 Å². The summed E-state index contributed by atoms with van der Waals surface area (Å²) >= 11 is 1.64. The number of nitrogens with zero attached hydrogens (tertiary/aromatic N) is 4. The summed E-state index contributed by atoms with van der Waals surface area (Å²) in [4.78, 5) is 9.19. The molecule has 0 saturated carbocycles. The maximum atomic E-state index is 9.09. The molecule has 3 heterocycles. The third kappa shape index (κ3) is 2.09. The molecule has 0 aliphatic rings. The van der Waals surface area contributed by atoms with Gasteiger partial charge in [-0.15, -0.1) is 0 Å². The average Bonchev–Trinajstić information content (AvgIpc) is 3.15. The highest BCUT2D eigenvalue weighted by molar-refractivity contribution is 7.08. The van der Waals surface area contributed by atoms with Gasteiger partial charge in [0.1, 0.15) is 0 Å². The van der Waals surface area contributed by atoms with Crippen molar-refractivity contribution in [3.8, 4) is 11.3 Å². The van der Waals surface area contributed by atoms with Gasteiger partial charge in [-0.1, -0.05) is 0 Å². The normalized spacial score (nSPS) is 11.5. The van der Waals surface area contributed by atoms with Crippen molar-refractivity contribution >= 4 is 33.3 Å². The van der Waals surface area contributed by atoms with Crippen LogP contribution in [0.5, 0.6) is 0 Å². The van der Waals surface area contributed by atoms with Crippen molar-refractivity contribution in [2.75, 3.05) is 6.61 Å². The minimum Gasteiger partial charge on any atom is -0.394 e. The van der Waals surface area contributed by atoms with Crippen LogP contribution in [0, 0.1) is 0 Å². The average molecular weight is 296 g/mol. The molecule has 6 heteroatoms. The summed E-state index contributed by atoms with van der Waals surface area (Å²) in [6, 6.07) is 6.00. The maximum Gasteiger partial charge on any atom is 0.0916 e. The second-order valence-electron chi connectivity index (χ2n) is 4.76. The van der Waals surface area contributed by atoms with Crippen LogP contribution in [0.15, 0.2) is 41.4 Å². The number of hydrogen-bond acceptors (Lipinski definition) is 5. The third-order valence-corrected chi connectivity index (χ3v) is 4.12. The molecule has 0 atom stereocenters. The first-order chi connectivity index (χ1) is 10.3. The summed E-state index contributed by atoms with van der Waals surface area (Å²) in [5.41, 5.74) is 4.61. The van der Waals surface area contributed by atoms with E-state index in [9.17, 15) is 0 Å². The van der Waals surface area contributed by atoms with E-state index >= 15 is 0 Å². The lowest BCUT2D eigenvalue weighted by Gasteiger charge is -2.03. The predicted molar refractivity (Wildman–Crippen MR) is 83.2 cm³/mol. The van der Waals surface area contributed by atoms with E-state index in [0.717, 1.165) is 33.2 Å². The van der Waals surface area contributed by atoms with Gasteiger partial charge >= 0.3 is 0 Å². The van der Waals surface area contributed by atoms with Gasteiger partial charge in [-0.3, -0.25) is 9.67 Å². The Morgan fingerprint density at radius 2 is 2.14 bits per heavy atom. The number of aromatic nitrogens is 4. The maximum absolute atomic E-state index is 9.09. The highest BCUT2D eigenvalue weighted by Crippen LogP contribution is 2.24. The zero-order valence-corrected chi connectivity index (χ0v) is 11.9. The van der Waals surface area contributed by atoms with Crippen LogP contribution in [-0.4, -0.2) is 31.5 Å². The summed E-state index contributed by atoms with van der Waals surface area (Å²) < 4.78 is 1.79. The van der Waals surface area contributed by atoms with E-state index in [2.05, 4.69) is 20.4 Å². The first kappa shape index (κ1) is 12.4. The molecule has 0 unspecified atom stereocenters. The van der Waals surface area contributed by atoms with E-state index in [-0.39, 0.29) is 6.61 Å². The van der Waals surface area contributed by atoms with Crippen molar-refractivity contribution in [2.24, 2.45) is 0 Å². The highest BCUT2D eigenvalue weighted by atomic mass is 32.1. The molecule has 4 rings (SSSR count). The van der Waals surface area contributed by atoms with E-state index in [1.165, 1.54) is 0 Å². The summed E-state index contributed by atoms with van der Waals surface area (Å²) in [6.45, 7) is 0.544. The van der Waals surface area contributed by atoms with Crippen LogP contribution >= 0.6 is 11.3 Å². The number of rotatable bonds is 3. The van der Waals surface area contributed by atoms with Crippen molar-refractivity contribution in [1.29, 1.82) is 0 Å². The van der Waals surface area contributed by atoms with Crippen molar-refractivity contribution in [1.82, 2.24) is 19.7 Å². The molecule has 0 aliphatic heterocycles. The predicted octanol–water partition coefficient (Wildman–Crippen LogP) is 2.70. The molecular formula is C15H12N4OS. The molecule has 4 aromatic rings. The van der Waals surface area contributed by atoms with E-state index in [4.69, 9.17) is 5.11 Å². The highest BCUT2D eigenvalue weighted by Gasteiger charge is 2.08. The molecule has 21 heavy (non-hydrogen) atoms. The molecule has 0 spiro atoms. The lowest BCUT2D eigenvalue weighted by Crippen LogP contribution is -2.03. The van der Waals surface area contributed by atoms with Crippen LogP contribution in [0.2, 0.25) is 0 Å². The zero-order chi connectivity index (χ0) is 14.2. The number of aliphatic hydroxyl groups is 1. The zero-order valence-electron chi connectivity index (χ0n) is 11.1. The Morgan fingerprint density at radius 1 is 1.19 bits per heavy atom. The molecule has 5 nitrogen and oxygen atoms in total. The van der Waals surface area contributed by atoms with Crippen molar-refractivity contribution < 1.29 is 5.11 Å². The SMILES string of the molecule is OCCn1ncc2cc3ncc(-c4ccsc4)nc3cc21. The second-order valence-corrected chi connectivity index (χ2v) is 5.54. The quantitative estimate of drug-likeness (QED) is 0.631. The van der Waals surface area contributed by atoms with Crippen LogP contribution in [0.4, 0.5) is 0 Å². The summed E-state index contributed by atoms with van der Waals surface area (Å²) in [5, 5.41) is 18.5. The number of fused-ring (bicyclic) bond motifs is 2. The minimum absolute atomic E-state index is 0.0649. The van der Waals surface area contributed by atoms with Gasteiger partial charge in [-0.2, -0.15) is 16.4 Å². The van der Waals surface area contributed by atoms with Crippen LogP contribution in [-0.2, 0) is 6.54 Å². The molecule has 0 bridgehead atoms. The minimum atomic E-state index is 0.0649. The van der Waals surface area contributed by atoms with Gasteiger partial charge in [-0.25, -0.2) is 4.98 Å². The van der Waals surface area contributed by atoms with Crippen LogP contribution in [0.1, 0.15) is 0 Å². The van der Waals surface area contributed by atoms with E-state index < -0.39 is 0 Å². The van der Waals surface area contributed by atoms with E-state index in [0.29, 0.717) is 6.54 Å². The first-order valence-corrected chi connectivity index (χ1v) is 7.55. The smallest absolute Gasteiger partial charge is 0.0916 e. The van der Waals surface area contributed by atoms with Gasteiger partial charge < -0.3 is 5.11 Å². The number of thiophene rings is 1. The van der Waals surface area contributed by atoms with Crippen molar-refractivity contribution in [3.05, 3.63) is 41.4 Å². The molecule has 0 radical (unpaired) electrons. The first-order valence-electron chi connectivity index (χ1n) is 6.61. The molecule has 0 fully saturated rings. The van der Waals surface area contributed by atoms with Gasteiger partial charge in [0, 0.05) is 16.3 Å². The molecule has 104 valence electrons. The lowest BCUT2D eigenvalue weighted by atomic mass is 10.2. The van der Waals surface area contributed by atoms with Crippen LogP contribution < -0.4 is 0 Å². The standard InChI is InChI=1S/C15H12N4OS/c20-3-2-19-15-6-13-12(5-11(15)7-17-19)16-8-14(18-13)10-1-4-21-9-10/h1,4-9,20H,2-3H2. The molecule has 1 N–H and O–H groups in total. The van der Waals surface area contributed by atoms with Gasteiger partial charge in [0.05, 0.1) is 47.8 Å². The Hall–Kier alpha value is -2.31. The number of aliphatic hydroxyl groups excluding tert-OH is 1. The monoisotopic (exact) mass is 296 g/mol. The molecule has 3 aromatic heterocycles. The summed E-state index contributed by atoms with van der Waals surface area (Å²) in [6.07, 6.45) is 3.59. The summed E-state index contributed by atoms with van der Waals surface area (Å²) in [5.74, 6) is 0. The topological polar surface area (TPSA) is 63.8 Å². The molecular weight excluding hydrogens is 284 g/mol. The Kier molecular flexibility index (Phi) is 2.90. The Bertz CT molecular complexity index is 914. The number of hydrogen-bond donors (Lipinski definition) is 1. The number of benzene rings is 1. The summed E-state index contributed by atoms with van der Waals surface area (Å²) in [7, 11) is 0. The van der Waals surface area contributed by atoms with Gasteiger partial charge in [0.2, 0.25) is 0 Å². The Balaban J connectivity index is 1.93. The second kappa shape index (κ2) is 4.91. The van der Waals surface area contributed by atoms with Crippen molar-refractivity contribution in [3.63, 3.8) is 0 Å². The van der Waals surface area contributed by atoms with Crippen molar-refractivity contribution in [2.45, 2.75) is 6.54 Å². The van der Waals surface area contributed by atoms with E-state index in [1.54, 1.807) is 28.4 Å². The van der Waals surface area contributed by atoms with Gasteiger partial charge in [-0.05, 0) is 23.6 Å².